The van der Waals surface area contributed by atoms with Crippen molar-refractivity contribution in [3.8, 4) is 10.4 Å². The van der Waals surface area contributed by atoms with Crippen LogP contribution in [0.25, 0.3) is 10.4 Å². The van der Waals surface area contributed by atoms with Gasteiger partial charge in [0.25, 0.3) is 0 Å². The Bertz CT molecular complexity index is 682. The Morgan fingerprint density at radius 1 is 1.45 bits per heavy atom. The van der Waals surface area contributed by atoms with E-state index in [1.54, 1.807) is 0 Å². The lowest BCUT2D eigenvalue weighted by molar-refractivity contribution is 0.0703. The number of carbonyl (C=O) groups is 1. The molecule has 20 heavy (non-hydrogen) atoms. The standard InChI is InChI=1S/C14H13ClINO2S/c1-6(2)10-11(17)13(14(18)19)20-12(10)8-5-7(15)3-4-9(8)16/h3-6H,17H2,1-2H3,(H,18,19). The van der Waals surface area contributed by atoms with Gasteiger partial charge >= 0.3 is 5.97 Å². The van der Waals surface area contributed by atoms with Gasteiger partial charge in [0.05, 0.1) is 5.69 Å². The van der Waals surface area contributed by atoms with Gasteiger partial charge in [-0.15, -0.1) is 11.3 Å². The van der Waals surface area contributed by atoms with Crippen molar-refractivity contribution < 1.29 is 9.90 Å². The summed E-state index contributed by atoms with van der Waals surface area (Å²) in [6, 6.07) is 5.59. The van der Waals surface area contributed by atoms with Gasteiger partial charge in [-0.1, -0.05) is 25.4 Å². The van der Waals surface area contributed by atoms with Crippen LogP contribution >= 0.6 is 45.5 Å². The number of carboxylic acids is 1. The average molecular weight is 422 g/mol. The molecule has 3 nitrogen and oxygen atoms in total. The molecule has 0 aliphatic rings. The van der Waals surface area contributed by atoms with E-state index in [9.17, 15) is 9.90 Å². The first-order valence-corrected chi connectivity index (χ1v) is 8.21. The summed E-state index contributed by atoms with van der Waals surface area (Å²) in [5, 5.41) is 9.88. The molecule has 0 fully saturated rings. The molecule has 0 unspecified atom stereocenters. The maximum atomic E-state index is 11.3. The normalized spacial score (nSPS) is 11.1. The Balaban J connectivity index is 2.76. The van der Waals surface area contributed by atoms with Crippen molar-refractivity contribution in [3.05, 3.63) is 37.2 Å². The minimum absolute atomic E-state index is 0.143. The van der Waals surface area contributed by atoms with Crippen LogP contribution in [0.3, 0.4) is 0 Å². The van der Waals surface area contributed by atoms with E-state index in [4.69, 9.17) is 17.3 Å². The maximum absolute atomic E-state index is 11.3. The van der Waals surface area contributed by atoms with E-state index in [1.165, 1.54) is 11.3 Å². The van der Waals surface area contributed by atoms with Gasteiger partial charge in [0.15, 0.2) is 0 Å². The number of aromatic carboxylic acids is 1. The number of hydrogen-bond acceptors (Lipinski definition) is 3. The lowest BCUT2D eigenvalue weighted by atomic mass is 9.98. The van der Waals surface area contributed by atoms with Gasteiger partial charge in [-0.3, -0.25) is 0 Å². The first kappa shape index (κ1) is 15.6. The molecule has 0 saturated carbocycles. The largest absolute Gasteiger partial charge is 0.477 e. The third kappa shape index (κ3) is 2.80. The summed E-state index contributed by atoms with van der Waals surface area (Å²) in [5.41, 5.74) is 8.21. The Kier molecular flexibility index (Phi) is 4.61. The molecule has 0 bridgehead atoms. The van der Waals surface area contributed by atoms with Gasteiger partial charge in [0.1, 0.15) is 4.88 Å². The second kappa shape index (κ2) is 5.91. The lowest BCUT2D eigenvalue weighted by Crippen LogP contribution is -2.00. The molecule has 0 aliphatic heterocycles. The SMILES string of the molecule is CC(C)c1c(-c2cc(Cl)ccc2I)sc(C(=O)O)c1N. The molecule has 1 aromatic carbocycles. The predicted octanol–water partition coefficient (Wildman–Crippen LogP) is 5.08. The molecule has 1 heterocycles. The molecule has 0 saturated heterocycles. The number of nitrogens with two attached hydrogens (primary N) is 1. The number of rotatable bonds is 3. The van der Waals surface area contributed by atoms with Gasteiger partial charge < -0.3 is 10.8 Å². The van der Waals surface area contributed by atoms with Crippen LogP contribution in [0.1, 0.15) is 35.0 Å². The highest BCUT2D eigenvalue weighted by atomic mass is 127. The van der Waals surface area contributed by atoms with Crippen LogP contribution in [0.15, 0.2) is 18.2 Å². The zero-order valence-electron chi connectivity index (χ0n) is 10.9. The highest BCUT2D eigenvalue weighted by Gasteiger charge is 2.24. The number of thiophene rings is 1. The quantitative estimate of drug-likeness (QED) is 0.680. The minimum Gasteiger partial charge on any atom is -0.477 e. The molecule has 2 aromatic rings. The number of nitrogen functional groups attached to an aromatic ring is 1. The molecular formula is C14H13ClINO2S. The van der Waals surface area contributed by atoms with Crippen LogP contribution in [-0.4, -0.2) is 11.1 Å². The minimum atomic E-state index is -0.988. The summed E-state index contributed by atoms with van der Waals surface area (Å²) >= 11 is 9.49. The Hall–Kier alpha value is -0.790. The van der Waals surface area contributed by atoms with E-state index < -0.39 is 5.97 Å². The van der Waals surface area contributed by atoms with Crippen molar-refractivity contribution in [2.24, 2.45) is 0 Å². The lowest BCUT2D eigenvalue weighted by Gasteiger charge is -2.10. The average Bonchev–Trinajstić information content (AvgIpc) is 2.70. The molecule has 3 N–H and O–H groups in total. The second-order valence-electron chi connectivity index (χ2n) is 4.67. The molecular weight excluding hydrogens is 409 g/mol. The molecule has 1 aromatic heterocycles. The van der Waals surface area contributed by atoms with E-state index in [-0.39, 0.29) is 10.8 Å². The first-order chi connectivity index (χ1) is 9.32. The summed E-state index contributed by atoms with van der Waals surface area (Å²) in [6.07, 6.45) is 0. The number of carboxylic acid groups (broad SMARTS) is 1. The predicted molar refractivity (Wildman–Crippen MR) is 92.9 cm³/mol. The van der Waals surface area contributed by atoms with E-state index in [0.29, 0.717) is 10.7 Å². The highest BCUT2D eigenvalue weighted by molar-refractivity contribution is 14.1. The van der Waals surface area contributed by atoms with Gasteiger partial charge in [-0.2, -0.15) is 0 Å². The summed E-state index contributed by atoms with van der Waals surface area (Å²) in [4.78, 5) is 12.4. The third-order valence-corrected chi connectivity index (χ3v) is 5.35. The van der Waals surface area contributed by atoms with Crippen molar-refractivity contribution in [1.82, 2.24) is 0 Å². The van der Waals surface area contributed by atoms with E-state index in [1.807, 2.05) is 32.0 Å². The fourth-order valence-corrected chi connectivity index (χ4v) is 4.27. The van der Waals surface area contributed by atoms with Gasteiger partial charge in [-0.05, 0) is 52.3 Å². The number of anilines is 1. The molecule has 0 amide bonds. The van der Waals surface area contributed by atoms with Crippen LogP contribution in [-0.2, 0) is 0 Å². The zero-order valence-corrected chi connectivity index (χ0v) is 14.6. The van der Waals surface area contributed by atoms with Crippen LogP contribution < -0.4 is 5.73 Å². The molecule has 0 atom stereocenters. The third-order valence-electron chi connectivity index (χ3n) is 2.93. The summed E-state index contributed by atoms with van der Waals surface area (Å²) in [6.45, 7) is 4.01. The molecule has 2 rings (SSSR count). The zero-order chi connectivity index (χ0) is 15.0. The van der Waals surface area contributed by atoms with Crippen LogP contribution in [0.4, 0.5) is 5.69 Å². The van der Waals surface area contributed by atoms with Crippen molar-refractivity contribution in [3.63, 3.8) is 0 Å². The summed E-state index contributed by atoms with van der Waals surface area (Å²) in [7, 11) is 0. The van der Waals surface area contributed by atoms with Crippen LogP contribution in [0.5, 0.6) is 0 Å². The fraction of sp³-hybridized carbons (Fsp3) is 0.214. The van der Waals surface area contributed by atoms with Crippen LogP contribution in [0.2, 0.25) is 5.02 Å². The highest BCUT2D eigenvalue weighted by Crippen LogP contribution is 2.44. The van der Waals surface area contributed by atoms with Crippen molar-refractivity contribution in [1.29, 1.82) is 0 Å². The molecule has 0 aliphatic carbocycles. The number of halogens is 2. The monoisotopic (exact) mass is 421 g/mol. The van der Waals surface area contributed by atoms with Gasteiger partial charge in [-0.25, -0.2) is 4.79 Å². The first-order valence-electron chi connectivity index (χ1n) is 5.93. The van der Waals surface area contributed by atoms with Gasteiger partial charge in [0, 0.05) is 19.0 Å². The molecule has 106 valence electrons. The summed E-state index contributed by atoms with van der Waals surface area (Å²) < 4.78 is 1.02. The second-order valence-corrected chi connectivity index (χ2v) is 7.29. The number of hydrogen-bond donors (Lipinski definition) is 2. The Morgan fingerprint density at radius 3 is 2.65 bits per heavy atom. The van der Waals surface area contributed by atoms with Crippen molar-refractivity contribution >= 4 is 57.2 Å². The Morgan fingerprint density at radius 2 is 2.10 bits per heavy atom. The van der Waals surface area contributed by atoms with Crippen molar-refractivity contribution in [2.75, 3.05) is 5.73 Å². The van der Waals surface area contributed by atoms with Crippen molar-refractivity contribution in [2.45, 2.75) is 19.8 Å². The molecule has 0 spiro atoms. The topological polar surface area (TPSA) is 63.3 Å². The number of benzene rings is 1. The van der Waals surface area contributed by atoms with E-state index in [2.05, 4.69) is 22.6 Å². The van der Waals surface area contributed by atoms with E-state index in [0.717, 1.165) is 19.6 Å². The molecule has 6 heteroatoms. The maximum Gasteiger partial charge on any atom is 0.348 e. The van der Waals surface area contributed by atoms with Gasteiger partial charge in [0.2, 0.25) is 0 Å². The smallest absolute Gasteiger partial charge is 0.348 e. The fourth-order valence-electron chi connectivity index (χ4n) is 2.06. The Labute approximate surface area is 139 Å². The molecule has 0 radical (unpaired) electrons. The van der Waals surface area contributed by atoms with E-state index >= 15 is 0 Å². The van der Waals surface area contributed by atoms with Crippen LogP contribution in [0, 0.1) is 3.57 Å². The summed E-state index contributed by atoms with van der Waals surface area (Å²) in [5.74, 6) is -0.846.